The van der Waals surface area contributed by atoms with E-state index in [2.05, 4.69) is 25.1 Å². The molecule has 154 valence electrons. The first-order chi connectivity index (χ1) is 14.6. The summed E-state index contributed by atoms with van der Waals surface area (Å²) in [5.41, 5.74) is 1.19. The number of piperidine rings is 1. The van der Waals surface area contributed by atoms with Crippen molar-refractivity contribution in [1.82, 2.24) is 24.7 Å². The first-order valence-corrected chi connectivity index (χ1v) is 10.7. The minimum Gasteiger partial charge on any atom is -0.346 e. The van der Waals surface area contributed by atoms with Crippen LogP contribution in [-0.2, 0) is 6.42 Å². The van der Waals surface area contributed by atoms with Crippen molar-refractivity contribution in [2.24, 2.45) is 0 Å². The molecule has 4 aromatic rings. The second-order valence-corrected chi connectivity index (χ2v) is 8.20. The summed E-state index contributed by atoms with van der Waals surface area (Å²) in [6.07, 6.45) is 2.54. The molecule has 0 radical (unpaired) electrons. The van der Waals surface area contributed by atoms with Crippen LogP contribution in [0.2, 0.25) is 0 Å². The van der Waals surface area contributed by atoms with Crippen molar-refractivity contribution in [3.05, 3.63) is 58.1 Å². The molecule has 0 spiro atoms. The fourth-order valence-corrected chi connectivity index (χ4v) is 4.61. The van der Waals surface area contributed by atoms with Crippen molar-refractivity contribution >= 4 is 21.4 Å². The molecule has 1 aliphatic rings. The van der Waals surface area contributed by atoms with Crippen LogP contribution in [0.4, 0.5) is 9.52 Å². The van der Waals surface area contributed by atoms with Crippen molar-refractivity contribution in [1.29, 1.82) is 0 Å². The van der Waals surface area contributed by atoms with Gasteiger partial charge in [0.15, 0.2) is 0 Å². The smallest absolute Gasteiger partial charge is 0.275 e. The molecule has 1 aliphatic heterocycles. The van der Waals surface area contributed by atoms with Gasteiger partial charge in [-0.15, -0.1) is 5.10 Å². The normalized spacial score (nSPS) is 17.0. The Bertz CT molecular complexity index is 1270. The Balaban J connectivity index is 1.40. The predicted octanol–water partition coefficient (Wildman–Crippen LogP) is 3.29. The third-order valence-corrected chi connectivity index (χ3v) is 6.18. The fourth-order valence-electron chi connectivity index (χ4n) is 3.65. The zero-order valence-electron chi connectivity index (χ0n) is 16.3. The Morgan fingerprint density at radius 2 is 2.20 bits per heavy atom. The van der Waals surface area contributed by atoms with Crippen molar-refractivity contribution in [3.63, 3.8) is 0 Å². The lowest BCUT2D eigenvalue weighted by Crippen LogP contribution is -2.34. The Labute approximate surface area is 175 Å². The molecule has 5 rings (SSSR count). The van der Waals surface area contributed by atoms with E-state index in [-0.39, 0.29) is 17.3 Å². The Morgan fingerprint density at radius 1 is 1.30 bits per heavy atom. The Kier molecular flexibility index (Phi) is 4.78. The summed E-state index contributed by atoms with van der Waals surface area (Å²) in [6, 6.07) is 7.67. The molecule has 1 saturated heterocycles. The van der Waals surface area contributed by atoms with E-state index in [9.17, 15) is 9.18 Å². The number of hydrogen-bond acceptors (Lipinski definition) is 8. The molecule has 8 nitrogen and oxygen atoms in total. The Morgan fingerprint density at radius 3 is 3.03 bits per heavy atom. The number of halogens is 1. The number of anilines is 1. The lowest BCUT2D eigenvalue weighted by Gasteiger charge is -2.30. The molecule has 0 bridgehead atoms. The highest BCUT2D eigenvalue weighted by Gasteiger charge is 2.28. The van der Waals surface area contributed by atoms with E-state index in [0.29, 0.717) is 35.2 Å². The van der Waals surface area contributed by atoms with Crippen LogP contribution in [0.15, 0.2) is 39.6 Å². The third-order valence-electron chi connectivity index (χ3n) is 5.22. The number of aromatic nitrogens is 5. The topological polar surface area (TPSA) is 89.4 Å². The van der Waals surface area contributed by atoms with Crippen molar-refractivity contribution < 1.29 is 8.91 Å². The van der Waals surface area contributed by atoms with Crippen LogP contribution in [0, 0.1) is 5.82 Å². The monoisotopic (exact) mass is 426 g/mol. The first kappa shape index (κ1) is 18.9. The van der Waals surface area contributed by atoms with Gasteiger partial charge in [-0.25, -0.2) is 9.37 Å². The number of nitrogens with zero attached hydrogens (tertiary/aromatic N) is 6. The number of rotatable bonds is 4. The Hall–Kier alpha value is -3.14. The van der Waals surface area contributed by atoms with Crippen LogP contribution in [0.3, 0.4) is 0 Å². The first-order valence-electron chi connectivity index (χ1n) is 9.85. The van der Waals surface area contributed by atoms with Crippen LogP contribution in [-0.4, -0.2) is 37.8 Å². The lowest BCUT2D eigenvalue weighted by atomic mass is 9.98. The minimum absolute atomic E-state index is 0.0384. The highest BCUT2D eigenvalue weighted by atomic mass is 32.1. The number of benzene rings is 1. The van der Waals surface area contributed by atoms with Gasteiger partial charge in [0.25, 0.3) is 5.56 Å². The second kappa shape index (κ2) is 7.60. The van der Waals surface area contributed by atoms with Gasteiger partial charge in [0, 0.05) is 30.4 Å². The van der Waals surface area contributed by atoms with Gasteiger partial charge in [-0.1, -0.05) is 35.5 Å². The number of fused-ring (bicyclic) bond motifs is 1. The SMILES string of the molecule is CCc1cc(=O)n2nc(N3CCCC(c4nc(-c5cccc(F)c5)no4)C3)sc2n1. The largest absolute Gasteiger partial charge is 0.346 e. The summed E-state index contributed by atoms with van der Waals surface area (Å²) < 4.78 is 20.3. The molecule has 0 saturated carbocycles. The standard InChI is InChI=1S/C20H19FN6O2S/c1-2-15-10-16(28)27-19(22-15)30-20(24-27)26-8-4-6-13(11-26)18-23-17(25-29-18)12-5-3-7-14(21)9-12/h3,5,7,9-10,13H,2,4,6,8,11H2,1H3. The van der Waals surface area contributed by atoms with Gasteiger partial charge in [0.2, 0.25) is 21.8 Å². The van der Waals surface area contributed by atoms with Crippen LogP contribution >= 0.6 is 11.3 Å². The van der Waals surface area contributed by atoms with E-state index in [1.165, 1.54) is 34.1 Å². The average molecular weight is 426 g/mol. The molecular weight excluding hydrogens is 407 g/mol. The summed E-state index contributed by atoms with van der Waals surface area (Å²) in [6.45, 7) is 3.45. The minimum atomic E-state index is -0.339. The molecule has 4 heterocycles. The van der Waals surface area contributed by atoms with Gasteiger partial charge < -0.3 is 9.42 Å². The highest BCUT2D eigenvalue weighted by molar-refractivity contribution is 7.20. The van der Waals surface area contributed by atoms with Gasteiger partial charge in [-0.3, -0.25) is 4.79 Å². The molecule has 1 atom stereocenters. The van der Waals surface area contributed by atoms with Crippen LogP contribution in [0.5, 0.6) is 0 Å². The van der Waals surface area contributed by atoms with Crippen molar-refractivity contribution in [2.45, 2.75) is 32.1 Å². The quantitative estimate of drug-likeness (QED) is 0.495. The maximum Gasteiger partial charge on any atom is 0.275 e. The average Bonchev–Trinajstić information content (AvgIpc) is 3.42. The molecule has 0 amide bonds. The molecule has 30 heavy (non-hydrogen) atoms. The van der Waals surface area contributed by atoms with Gasteiger partial charge >= 0.3 is 0 Å². The second-order valence-electron chi connectivity index (χ2n) is 7.27. The number of aryl methyl sites for hydroxylation is 1. The van der Waals surface area contributed by atoms with Crippen molar-refractivity contribution in [3.8, 4) is 11.4 Å². The molecule has 10 heteroatoms. The van der Waals surface area contributed by atoms with E-state index < -0.39 is 0 Å². The zero-order valence-corrected chi connectivity index (χ0v) is 17.1. The highest BCUT2D eigenvalue weighted by Crippen LogP contribution is 2.32. The fraction of sp³-hybridized carbons (Fsp3) is 0.350. The molecule has 0 aliphatic carbocycles. The van der Waals surface area contributed by atoms with Crippen LogP contribution in [0.1, 0.15) is 37.3 Å². The van der Waals surface area contributed by atoms with Gasteiger partial charge in [0.05, 0.1) is 5.92 Å². The molecule has 1 unspecified atom stereocenters. The summed E-state index contributed by atoms with van der Waals surface area (Å²) in [5, 5.41) is 9.26. The maximum absolute atomic E-state index is 13.5. The van der Waals surface area contributed by atoms with E-state index in [1.54, 1.807) is 12.1 Å². The molecule has 1 aromatic carbocycles. The molecular formula is C20H19FN6O2S. The summed E-state index contributed by atoms with van der Waals surface area (Å²) >= 11 is 1.41. The summed E-state index contributed by atoms with van der Waals surface area (Å²) in [4.78, 5) is 24.0. The zero-order chi connectivity index (χ0) is 20.7. The van der Waals surface area contributed by atoms with E-state index in [4.69, 9.17) is 4.52 Å². The van der Waals surface area contributed by atoms with Crippen LogP contribution in [0.25, 0.3) is 16.3 Å². The van der Waals surface area contributed by atoms with E-state index in [0.717, 1.165) is 30.2 Å². The molecule has 0 N–H and O–H groups in total. The van der Waals surface area contributed by atoms with Gasteiger partial charge in [-0.2, -0.15) is 9.50 Å². The van der Waals surface area contributed by atoms with Gasteiger partial charge in [-0.05, 0) is 31.4 Å². The maximum atomic E-state index is 13.5. The predicted molar refractivity (Wildman–Crippen MR) is 110 cm³/mol. The molecule has 1 fully saturated rings. The van der Waals surface area contributed by atoms with E-state index >= 15 is 0 Å². The summed E-state index contributed by atoms with van der Waals surface area (Å²) in [5.74, 6) is 0.609. The van der Waals surface area contributed by atoms with Crippen LogP contribution < -0.4 is 10.5 Å². The third kappa shape index (κ3) is 3.47. The van der Waals surface area contributed by atoms with Crippen molar-refractivity contribution in [2.75, 3.05) is 18.0 Å². The summed E-state index contributed by atoms with van der Waals surface area (Å²) in [7, 11) is 0. The lowest BCUT2D eigenvalue weighted by molar-refractivity contribution is 0.333. The van der Waals surface area contributed by atoms with E-state index in [1.807, 2.05) is 6.92 Å². The molecule has 3 aromatic heterocycles. The van der Waals surface area contributed by atoms with Gasteiger partial charge in [0.1, 0.15) is 5.82 Å². The number of hydrogen-bond donors (Lipinski definition) is 0.